The molecule has 1 aromatic heterocycles. The summed E-state index contributed by atoms with van der Waals surface area (Å²) in [7, 11) is 2.13. The number of hydrogen-bond donors (Lipinski definition) is 1. The molecule has 1 N–H and O–H groups in total. The molecule has 0 spiro atoms. The summed E-state index contributed by atoms with van der Waals surface area (Å²) in [6.07, 6.45) is 1.12. The molecule has 1 aliphatic heterocycles. The first kappa shape index (κ1) is 15.1. The zero-order valence-corrected chi connectivity index (χ0v) is 13.3. The van der Waals surface area contributed by atoms with Crippen molar-refractivity contribution in [2.75, 3.05) is 45.1 Å². The predicted molar refractivity (Wildman–Crippen MR) is 88.1 cm³/mol. The van der Waals surface area contributed by atoms with Crippen LogP contribution in [-0.4, -0.2) is 55.5 Å². The molecule has 118 valence electrons. The third kappa shape index (κ3) is 3.67. The van der Waals surface area contributed by atoms with Crippen LogP contribution in [0.2, 0.25) is 0 Å². The van der Waals surface area contributed by atoms with Crippen molar-refractivity contribution < 1.29 is 9.21 Å². The molecular weight excluding hydrogens is 278 g/mol. The van der Waals surface area contributed by atoms with E-state index >= 15 is 0 Å². The van der Waals surface area contributed by atoms with Gasteiger partial charge in [0.05, 0.1) is 6.54 Å². The first-order valence-electron chi connectivity index (χ1n) is 7.81. The Bertz CT molecular complexity index is 665. The normalized spacial score (nSPS) is 17.5. The third-order valence-electron chi connectivity index (χ3n) is 4.10. The lowest BCUT2D eigenvalue weighted by atomic mass is 10.2. The summed E-state index contributed by atoms with van der Waals surface area (Å²) < 4.78 is 5.55. The lowest BCUT2D eigenvalue weighted by molar-refractivity contribution is -0.117. The third-order valence-corrected chi connectivity index (χ3v) is 4.10. The number of amides is 1. The largest absolute Gasteiger partial charge is 0.461 e. The van der Waals surface area contributed by atoms with Crippen molar-refractivity contribution >= 4 is 22.6 Å². The van der Waals surface area contributed by atoms with Gasteiger partial charge in [-0.05, 0) is 57.7 Å². The van der Waals surface area contributed by atoms with Gasteiger partial charge in [-0.3, -0.25) is 9.69 Å². The van der Waals surface area contributed by atoms with Gasteiger partial charge in [0.25, 0.3) is 0 Å². The minimum atomic E-state index is 0.0455. The van der Waals surface area contributed by atoms with Crippen molar-refractivity contribution in [2.24, 2.45) is 0 Å². The molecule has 0 bridgehead atoms. The number of carbonyl (C=O) groups is 1. The molecule has 0 saturated carbocycles. The van der Waals surface area contributed by atoms with Crippen LogP contribution in [0.15, 0.2) is 28.7 Å². The van der Waals surface area contributed by atoms with E-state index in [-0.39, 0.29) is 5.91 Å². The first-order chi connectivity index (χ1) is 10.6. The van der Waals surface area contributed by atoms with Crippen LogP contribution in [0, 0.1) is 6.92 Å². The maximum atomic E-state index is 12.2. The Morgan fingerprint density at radius 2 is 2.09 bits per heavy atom. The van der Waals surface area contributed by atoms with E-state index in [2.05, 4.69) is 22.2 Å². The van der Waals surface area contributed by atoms with Crippen LogP contribution < -0.4 is 5.32 Å². The summed E-state index contributed by atoms with van der Waals surface area (Å²) in [5, 5.41) is 4.01. The monoisotopic (exact) mass is 301 g/mol. The van der Waals surface area contributed by atoms with Gasteiger partial charge in [-0.1, -0.05) is 0 Å². The summed E-state index contributed by atoms with van der Waals surface area (Å²) in [5.74, 6) is 0.927. The van der Waals surface area contributed by atoms with Crippen LogP contribution in [0.25, 0.3) is 11.0 Å². The van der Waals surface area contributed by atoms with Crippen molar-refractivity contribution in [1.29, 1.82) is 0 Å². The van der Waals surface area contributed by atoms with Gasteiger partial charge in [0.1, 0.15) is 11.3 Å². The zero-order chi connectivity index (χ0) is 15.5. The smallest absolute Gasteiger partial charge is 0.238 e. The first-order valence-corrected chi connectivity index (χ1v) is 7.81. The van der Waals surface area contributed by atoms with Crippen molar-refractivity contribution in [3.05, 3.63) is 30.0 Å². The molecule has 1 amide bonds. The van der Waals surface area contributed by atoms with Gasteiger partial charge in [-0.15, -0.1) is 0 Å². The number of nitrogens with zero attached hydrogens (tertiary/aromatic N) is 2. The summed E-state index contributed by atoms with van der Waals surface area (Å²) in [6.45, 7) is 6.44. The SMILES string of the molecule is Cc1cc2cc(NC(=O)CN3CCCN(C)CC3)ccc2o1. The van der Waals surface area contributed by atoms with E-state index in [9.17, 15) is 4.79 Å². The topological polar surface area (TPSA) is 48.7 Å². The van der Waals surface area contributed by atoms with Crippen molar-refractivity contribution in [3.8, 4) is 0 Å². The average molecular weight is 301 g/mol. The number of likely N-dealkylation sites (N-methyl/N-ethyl adjacent to an activating group) is 1. The molecular formula is C17H23N3O2. The van der Waals surface area contributed by atoms with E-state index < -0.39 is 0 Å². The maximum absolute atomic E-state index is 12.2. The molecule has 3 rings (SSSR count). The Morgan fingerprint density at radius 3 is 2.95 bits per heavy atom. The fourth-order valence-electron chi connectivity index (χ4n) is 2.92. The number of rotatable bonds is 3. The average Bonchev–Trinajstić information content (AvgIpc) is 2.71. The number of furan rings is 1. The van der Waals surface area contributed by atoms with Crippen LogP contribution >= 0.6 is 0 Å². The number of aryl methyl sites for hydroxylation is 1. The highest BCUT2D eigenvalue weighted by molar-refractivity contribution is 5.94. The Labute approximate surface area is 130 Å². The van der Waals surface area contributed by atoms with Crippen molar-refractivity contribution in [3.63, 3.8) is 0 Å². The molecule has 5 heteroatoms. The Kier molecular flexibility index (Phi) is 4.45. The predicted octanol–water partition coefficient (Wildman–Crippen LogP) is 2.32. The second-order valence-corrected chi connectivity index (χ2v) is 6.09. The van der Waals surface area contributed by atoms with Gasteiger partial charge in [0, 0.05) is 24.2 Å². The van der Waals surface area contributed by atoms with Crippen LogP contribution in [0.5, 0.6) is 0 Å². The fraction of sp³-hybridized carbons (Fsp3) is 0.471. The molecule has 0 atom stereocenters. The van der Waals surface area contributed by atoms with Crippen LogP contribution in [-0.2, 0) is 4.79 Å². The van der Waals surface area contributed by atoms with Crippen molar-refractivity contribution in [1.82, 2.24) is 9.80 Å². The van der Waals surface area contributed by atoms with Crippen LogP contribution in [0.1, 0.15) is 12.2 Å². The van der Waals surface area contributed by atoms with Gasteiger partial charge in [0.2, 0.25) is 5.91 Å². The lowest BCUT2D eigenvalue weighted by Crippen LogP contribution is -2.35. The molecule has 0 radical (unpaired) electrons. The van der Waals surface area contributed by atoms with E-state index in [4.69, 9.17) is 4.42 Å². The summed E-state index contributed by atoms with van der Waals surface area (Å²) in [6, 6.07) is 7.73. The molecule has 0 aliphatic carbocycles. The highest BCUT2D eigenvalue weighted by atomic mass is 16.3. The molecule has 22 heavy (non-hydrogen) atoms. The standard InChI is InChI=1S/C17H23N3O2/c1-13-10-14-11-15(4-5-16(14)22-13)18-17(21)12-20-7-3-6-19(2)8-9-20/h4-5,10-11H,3,6-9,12H2,1-2H3,(H,18,21). The molecule has 1 aromatic carbocycles. The Hall–Kier alpha value is -1.85. The maximum Gasteiger partial charge on any atom is 0.238 e. The minimum absolute atomic E-state index is 0.0455. The highest BCUT2D eigenvalue weighted by Gasteiger charge is 2.15. The molecule has 1 fully saturated rings. The summed E-state index contributed by atoms with van der Waals surface area (Å²) in [5.41, 5.74) is 1.68. The van der Waals surface area contributed by atoms with Gasteiger partial charge in [-0.25, -0.2) is 0 Å². The van der Waals surface area contributed by atoms with E-state index in [1.165, 1.54) is 0 Å². The number of carbonyl (C=O) groups excluding carboxylic acids is 1. The second-order valence-electron chi connectivity index (χ2n) is 6.09. The fourth-order valence-corrected chi connectivity index (χ4v) is 2.92. The van der Waals surface area contributed by atoms with E-state index in [0.29, 0.717) is 6.54 Å². The molecule has 2 heterocycles. The van der Waals surface area contributed by atoms with E-state index in [1.807, 2.05) is 31.2 Å². The minimum Gasteiger partial charge on any atom is -0.461 e. The van der Waals surface area contributed by atoms with Gasteiger partial charge in [-0.2, -0.15) is 0 Å². The van der Waals surface area contributed by atoms with Crippen LogP contribution in [0.4, 0.5) is 5.69 Å². The Balaban J connectivity index is 1.60. The second kappa shape index (κ2) is 6.50. The Morgan fingerprint density at radius 1 is 1.23 bits per heavy atom. The lowest BCUT2D eigenvalue weighted by Gasteiger charge is -2.19. The van der Waals surface area contributed by atoms with E-state index in [0.717, 1.165) is 55.0 Å². The van der Waals surface area contributed by atoms with Crippen LogP contribution in [0.3, 0.4) is 0 Å². The number of anilines is 1. The zero-order valence-electron chi connectivity index (χ0n) is 13.3. The molecule has 0 unspecified atom stereocenters. The quantitative estimate of drug-likeness (QED) is 0.945. The molecule has 2 aromatic rings. The van der Waals surface area contributed by atoms with Crippen molar-refractivity contribution in [2.45, 2.75) is 13.3 Å². The van der Waals surface area contributed by atoms with Gasteiger partial charge >= 0.3 is 0 Å². The number of hydrogen-bond acceptors (Lipinski definition) is 4. The summed E-state index contributed by atoms with van der Waals surface area (Å²) in [4.78, 5) is 16.8. The molecule has 1 aliphatic rings. The summed E-state index contributed by atoms with van der Waals surface area (Å²) >= 11 is 0. The molecule has 5 nitrogen and oxygen atoms in total. The van der Waals surface area contributed by atoms with Gasteiger partial charge in [0.15, 0.2) is 0 Å². The number of fused-ring (bicyclic) bond motifs is 1. The molecule has 1 saturated heterocycles. The van der Waals surface area contributed by atoms with Gasteiger partial charge < -0.3 is 14.6 Å². The number of nitrogens with one attached hydrogen (secondary N) is 1. The number of benzene rings is 1. The van der Waals surface area contributed by atoms with E-state index in [1.54, 1.807) is 0 Å². The highest BCUT2D eigenvalue weighted by Crippen LogP contribution is 2.22.